The lowest BCUT2D eigenvalue weighted by molar-refractivity contribution is 0.0600. The van der Waals surface area contributed by atoms with Crippen LogP contribution in [-0.4, -0.2) is 44.1 Å². The van der Waals surface area contributed by atoms with E-state index in [1.165, 1.54) is 41.9 Å². The number of aryl methyl sites for hydroxylation is 2. The number of carboxylic acids is 1. The fourth-order valence-electron chi connectivity index (χ4n) is 3.96. The number of nitrogens with one attached hydrogen (secondary N) is 2. The van der Waals surface area contributed by atoms with E-state index in [0.717, 1.165) is 30.2 Å². The number of hydrogen-bond donors (Lipinski definition) is 3. The van der Waals surface area contributed by atoms with Crippen molar-refractivity contribution < 1.29 is 19.4 Å². The summed E-state index contributed by atoms with van der Waals surface area (Å²) in [5.74, 6) is -1.44. The maximum Gasteiger partial charge on any atom is 0.337 e. The number of methoxy groups -OCH3 is 1. The molecule has 0 aliphatic heterocycles. The van der Waals surface area contributed by atoms with Crippen molar-refractivity contribution in [3.05, 3.63) is 78.2 Å². The first-order valence-corrected chi connectivity index (χ1v) is 12.5. The summed E-state index contributed by atoms with van der Waals surface area (Å²) in [6.45, 7) is 3.69. The van der Waals surface area contributed by atoms with Crippen molar-refractivity contribution in [3.8, 4) is 0 Å². The summed E-state index contributed by atoms with van der Waals surface area (Å²) in [5.41, 5.74) is 2.03. The van der Waals surface area contributed by atoms with Gasteiger partial charge in [-0.2, -0.15) is 0 Å². The predicted octanol–water partition coefficient (Wildman–Crippen LogP) is 4.38. The molecule has 0 unspecified atom stereocenters. The van der Waals surface area contributed by atoms with Crippen LogP contribution in [0.1, 0.15) is 30.7 Å². The fraction of sp³-hybridized carbons (Fsp3) is 0.120. The van der Waals surface area contributed by atoms with E-state index in [9.17, 15) is 19.2 Å². The topological polar surface area (TPSA) is 155 Å². The van der Waals surface area contributed by atoms with Gasteiger partial charge in [-0.15, -0.1) is 22.7 Å². The predicted molar refractivity (Wildman–Crippen MR) is 143 cm³/mol. The highest BCUT2D eigenvalue weighted by Gasteiger charge is 2.13. The lowest BCUT2D eigenvalue weighted by Gasteiger charge is -2.02. The van der Waals surface area contributed by atoms with Gasteiger partial charge in [0.2, 0.25) is 0 Å². The Bertz CT molecular complexity index is 2000. The number of carbonyl (C=O) groups excluding carboxylic acids is 1. The Kier molecular flexibility index (Phi) is 6.05. The van der Waals surface area contributed by atoms with Crippen LogP contribution < -0.4 is 11.1 Å². The molecule has 0 saturated heterocycles. The molecule has 3 N–H and O–H groups in total. The van der Waals surface area contributed by atoms with Crippen LogP contribution in [0.5, 0.6) is 0 Å². The third-order valence-electron chi connectivity index (χ3n) is 5.59. The van der Waals surface area contributed by atoms with Gasteiger partial charge in [-0.3, -0.25) is 9.59 Å². The summed E-state index contributed by atoms with van der Waals surface area (Å²) in [6, 6.07) is 9.80. The van der Waals surface area contributed by atoms with Crippen LogP contribution in [0.4, 0.5) is 0 Å². The zero-order chi connectivity index (χ0) is 26.4. The van der Waals surface area contributed by atoms with Gasteiger partial charge in [0.15, 0.2) is 0 Å². The van der Waals surface area contributed by atoms with E-state index in [0.29, 0.717) is 27.6 Å². The van der Waals surface area contributed by atoms with Crippen molar-refractivity contribution in [2.75, 3.05) is 7.11 Å². The Morgan fingerprint density at radius 2 is 1.27 bits per heavy atom. The molecule has 12 heteroatoms. The molecular formula is C25H18N4O6S2. The van der Waals surface area contributed by atoms with Crippen LogP contribution in [0.15, 0.2) is 46.0 Å². The highest BCUT2D eigenvalue weighted by atomic mass is 32.1. The van der Waals surface area contributed by atoms with E-state index < -0.39 is 11.9 Å². The first-order chi connectivity index (χ1) is 17.7. The van der Waals surface area contributed by atoms with Gasteiger partial charge in [0.25, 0.3) is 11.1 Å². The SMILES string of the molecule is COC(=O)c1ccc2c(c1)[nH]c(=O)c1nc(C)sc12.Cc1nc2c(=O)[nH]c3cc(C(=O)O)ccc3c2s1. The van der Waals surface area contributed by atoms with Crippen molar-refractivity contribution >= 4 is 76.9 Å². The molecule has 0 aliphatic rings. The fourth-order valence-corrected chi connectivity index (χ4v) is 5.87. The molecule has 0 aliphatic carbocycles. The standard InChI is InChI=1S/C13H10N2O3S.C12H8N2O3S/c1-6-14-10-11(19-6)8-4-3-7(13(17)18-2)5-9(8)15-12(10)16;1-5-13-9-10(18-5)7-3-2-6(12(16)17)4-8(7)14-11(9)15/h3-5H,1-2H3,(H,15,16);2-4H,1H3,(H,14,15)(H,16,17). The Morgan fingerprint density at radius 3 is 1.73 bits per heavy atom. The van der Waals surface area contributed by atoms with Gasteiger partial charge in [0, 0.05) is 10.8 Å². The summed E-state index contributed by atoms with van der Waals surface area (Å²) in [5, 5.41) is 12.3. The molecule has 6 rings (SSSR count). The number of hydrogen-bond acceptors (Lipinski definition) is 9. The molecule has 0 bridgehead atoms. The summed E-state index contributed by atoms with van der Waals surface area (Å²) >= 11 is 2.90. The minimum Gasteiger partial charge on any atom is -0.478 e. The second-order valence-electron chi connectivity index (χ2n) is 8.05. The first-order valence-electron chi connectivity index (χ1n) is 10.8. The number of carboxylic acid groups (broad SMARTS) is 1. The zero-order valence-corrected chi connectivity index (χ0v) is 21.3. The molecular weight excluding hydrogens is 516 g/mol. The number of esters is 1. The van der Waals surface area contributed by atoms with Gasteiger partial charge in [-0.05, 0) is 38.1 Å². The Hall–Kier alpha value is -4.42. The first kappa shape index (κ1) is 24.3. The Labute approximate surface area is 215 Å². The highest BCUT2D eigenvalue weighted by Crippen LogP contribution is 2.28. The van der Waals surface area contributed by atoms with Crippen molar-refractivity contribution in [1.82, 2.24) is 19.9 Å². The number of benzene rings is 2. The average Bonchev–Trinajstić information content (AvgIpc) is 3.46. The number of thiazole rings is 2. The number of rotatable bonds is 2. The van der Waals surface area contributed by atoms with Crippen LogP contribution in [-0.2, 0) is 4.74 Å². The van der Waals surface area contributed by atoms with Gasteiger partial charge in [0.05, 0.1) is 48.7 Å². The molecule has 6 aromatic rings. The number of aromatic nitrogens is 4. The summed E-state index contributed by atoms with van der Waals surface area (Å²) in [7, 11) is 1.32. The van der Waals surface area contributed by atoms with Crippen LogP contribution in [0.3, 0.4) is 0 Å². The van der Waals surface area contributed by atoms with Crippen LogP contribution in [0, 0.1) is 13.8 Å². The van der Waals surface area contributed by atoms with Gasteiger partial charge in [-0.25, -0.2) is 19.6 Å². The lowest BCUT2D eigenvalue weighted by atomic mass is 10.1. The number of aromatic amines is 2. The average molecular weight is 535 g/mol. The second-order valence-corrected chi connectivity index (χ2v) is 10.5. The maximum absolute atomic E-state index is 11.9. The second kappa shape index (κ2) is 9.22. The van der Waals surface area contributed by atoms with Crippen LogP contribution in [0.2, 0.25) is 0 Å². The number of carbonyl (C=O) groups is 2. The largest absolute Gasteiger partial charge is 0.478 e. The number of ether oxygens (including phenoxy) is 1. The molecule has 4 aromatic heterocycles. The van der Waals surface area contributed by atoms with E-state index in [-0.39, 0.29) is 16.7 Å². The zero-order valence-electron chi connectivity index (χ0n) is 19.7. The summed E-state index contributed by atoms with van der Waals surface area (Å²) < 4.78 is 6.30. The van der Waals surface area contributed by atoms with Gasteiger partial charge in [-0.1, -0.05) is 12.1 Å². The molecule has 37 heavy (non-hydrogen) atoms. The van der Waals surface area contributed by atoms with Crippen molar-refractivity contribution in [1.29, 1.82) is 0 Å². The highest BCUT2D eigenvalue weighted by molar-refractivity contribution is 7.19. The van der Waals surface area contributed by atoms with E-state index in [2.05, 4.69) is 24.7 Å². The maximum atomic E-state index is 11.9. The van der Waals surface area contributed by atoms with Crippen LogP contribution in [0.25, 0.3) is 42.2 Å². The minimum absolute atomic E-state index is 0.152. The van der Waals surface area contributed by atoms with E-state index >= 15 is 0 Å². The third-order valence-corrected chi connectivity index (χ3v) is 7.60. The minimum atomic E-state index is -1.02. The summed E-state index contributed by atoms with van der Waals surface area (Å²) in [6.07, 6.45) is 0. The quantitative estimate of drug-likeness (QED) is 0.277. The normalized spacial score (nSPS) is 11.1. The number of nitrogens with zero attached hydrogens (tertiary/aromatic N) is 2. The Balaban J connectivity index is 0.000000152. The molecule has 0 saturated carbocycles. The smallest absolute Gasteiger partial charge is 0.337 e. The van der Waals surface area contributed by atoms with Gasteiger partial charge in [0.1, 0.15) is 11.0 Å². The molecule has 186 valence electrons. The molecule has 0 spiro atoms. The van der Waals surface area contributed by atoms with E-state index in [4.69, 9.17) is 5.11 Å². The molecule has 4 heterocycles. The van der Waals surface area contributed by atoms with Crippen molar-refractivity contribution in [2.45, 2.75) is 13.8 Å². The van der Waals surface area contributed by atoms with Gasteiger partial charge >= 0.3 is 11.9 Å². The number of aromatic carboxylic acids is 1. The third kappa shape index (κ3) is 4.36. The van der Waals surface area contributed by atoms with Crippen molar-refractivity contribution in [3.63, 3.8) is 0 Å². The molecule has 0 fully saturated rings. The monoisotopic (exact) mass is 534 g/mol. The molecule has 0 amide bonds. The molecule has 10 nitrogen and oxygen atoms in total. The molecule has 0 atom stereocenters. The Morgan fingerprint density at radius 1 is 0.811 bits per heavy atom. The van der Waals surface area contributed by atoms with E-state index in [1.807, 2.05) is 13.8 Å². The van der Waals surface area contributed by atoms with Crippen LogP contribution >= 0.6 is 22.7 Å². The van der Waals surface area contributed by atoms with Crippen molar-refractivity contribution in [2.24, 2.45) is 0 Å². The number of pyridine rings is 2. The molecule has 0 radical (unpaired) electrons. The molecule has 2 aromatic carbocycles. The van der Waals surface area contributed by atoms with E-state index in [1.54, 1.807) is 24.3 Å². The van der Waals surface area contributed by atoms with Gasteiger partial charge < -0.3 is 19.8 Å². The lowest BCUT2D eigenvalue weighted by Crippen LogP contribution is -2.07. The number of H-pyrrole nitrogens is 2. The number of fused-ring (bicyclic) bond motifs is 6. The summed E-state index contributed by atoms with van der Waals surface area (Å²) in [4.78, 5) is 60.0.